The van der Waals surface area contributed by atoms with Gasteiger partial charge in [-0.1, -0.05) is 24.3 Å². The zero-order chi connectivity index (χ0) is 20.8. The summed E-state index contributed by atoms with van der Waals surface area (Å²) in [6, 6.07) is 11.5. The van der Waals surface area contributed by atoms with Crippen LogP contribution in [0.1, 0.15) is 49.9 Å². The second-order valence-corrected chi connectivity index (χ2v) is 7.87. The molecule has 1 fully saturated rings. The average Bonchev–Trinajstić information content (AvgIpc) is 2.71. The number of benzene rings is 2. The molecule has 1 aliphatic rings. The lowest BCUT2D eigenvalue weighted by Gasteiger charge is -2.36. The number of piperidine rings is 1. The summed E-state index contributed by atoms with van der Waals surface area (Å²) < 4.78 is 5.81. The molecule has 1 heterocycles. The summed E-state index contributed by atoms with van der Waals surface area (Å²) in [4.78, 5) is 27.3. The Kier molecular flexibility index (Phi) is 7.09. The fourth-order valence-corrected chi connectivity index (χ4v) is 3.88. The van der Waals surface area contributed by atoms with E-state index in [2.05, 4.69) is 5.32 Å². The van der Waals surface area contributed by atoms with Crippen molar-refractivity contribution in [2.24, 2.45) is 0 Å². The molecule has 0 spiro atoms. The number of nitrogens with zero attached hydrogens (tertiary/aromatic N) is 1. The van der Waals surface area contributed by atoms with Crippen LogP contribution in [0.2, 0.25) is 0 Å². The fraction of sp³-hybridized carbons (Fsp3) is 0.478. The van der Waals surface area contributed by atoms with Crippen molar-refractivity contribution in [3.05, 3.63) is 42.0 Å². The van der Waals surface area contributed by atoms with Gasteiger partial charge in [0, 0.05) is 25.2 Å². The van der Waals surface area contributed by atoms with Crippen LogP contribution in [0.5, 0.6) is 5.75 Å². The van der Waals surface area contributed by atoms with Gasteiger partial charge in [-0.15, -0.1) is 0 Å². The van der Waals surface area contributed by atoms with E-state index in [0.717, 1.165) is 30.0 Å². The van der Waals surface area contributed by atoms with Gasteiger partial charge < -0.3 is 20.1 Å². The van der Waals surface area contributed by atoms with Gasteiger partial charge in [0.25, 0.3) is 11.8 Å². The van der Waals surface area contributed by atoms with Gasteiger partial charge in [0.05, 0.1) is 5.56 Å². The predicted molar refractivity (Wildman–Crippen MR) is 113 cm³/mol. The maximum Gasteiger partial charge on any atom is 0.258 e. The van der Waals surface area contributed by atoms with Crippen molar-refractivity contribution in [3.8, 4) is 5.75 Å². The van der Waals surface area contributed by atoms with Gasteiger partial charge in [-0.3, -0.25) is 9.59 Å². The number of aliphatic hydroxyl groups excluding tert-OH is 1. The molecule has 1 saturated heterocycles. The van der Waals surface area contributed by atoms with Crippen LogP contribution in [0.15, 0.2) is 36.4 Å². The van der Waals surface area contributed by atoms with Gasteiger partial charge in [0.15, 0.2) is 6.61 Å². The third-order valence-corrected chi connectivity index (χ3v) is 5.24. The maximum absolute atomic E-state index is 13.4. The van der Waals surface area contributed by atoms with Gasteiger partial charge >= 0.3 is 0 Å². The Labute approximate surface area is 171 Å². The SMILES string of the molecule is CC(C)NC(=O)COc1cc2ccccc2cc1C(=O)N1CCCCC1CCO. The molecule has 2 amide bonds. The first kappa shape index (κ1) is 21.1. The zero-order valence-electron chi connectivity index (χ0n) is 17.2. The molecule has 2 aromatic rings. The lowest BCUT2D eigenvalue weighted by atomic mass is 9.97. The van der Waals surface area contributed by atoms with Gasteiger partial charge in [0.1, 0.15) is 5.75 Å². The molecule has 2 N–H and O–H groups in total. The Morgan fingerprint density at radius 2 is 1.93 bits per heavy atom. The number of likely N-dealkylation sites (tertiary alicyclic amines) is 1. The van der Waals surface area contributed by atoms with E-state index >= 15 is 0 Å². The molecule has 1 unspecified atom stereocenters. The number of carbonyl (C=O) groups excluding carboxylic acids is 2. The van der Waals surface area contributed by atoms with Crippen LogP contribution in [-0.2, 0) is 4.79 Å². The molecule has 1 atom stereocenters. The Hall–Kier alpha value is -2.60. The van der Waals surface area contributed by atoms with Crippen LogP contribution >= 0.6 is 0 Å². The number of amides is 2. The van der Waals surface area contributed by atoms with E-state index in [9.17, 15) is 14.7 Å². The second-order valence-electron chi connectivity index (χ2n) is 7.87. The summed E-state index contributed by atoms with van der Waals surface area (Å²) in [5.41, 5.74) is 0.464. The molecule has 0 saturated carbocycles. The third-order valence-electron chi connectivity index (χ3n) is 5.24. The van der Waals surface area contributed by atoms with Crippen LogP contribution in [0, 0.1) is 0 Å². The van der Waals surface area contributed by atoms with Crippen LogP contribution < -0.4 is 10.1 Å². The first-order chi connectivity index (χ1) is 14.0. The van der Waals surface area contributed by atoms with Crippen molar-refractivity contribution in [2.75, 3.05) is 19.8 Å². The summed E-state index contributed by atoms with van der Waals surface area (Å²) in [5.74, 6) is 0.0942. The summed E-state index contributed by atoms with van der Waals surface area (Å²) in [6.45, 7) is 4.37. The van der Waals surface area contributed by atoms with E-state index < -0.39 is 0 Å². The highest BCUT2D eigenvalue weighted by atomic mass is 16.5. The number of nitrogens with one attached hydrogen (secondary N) is 1. The topological polar surface area (TPSA) is 78.9 Å². The van der Waals surface area contributed by atoms with Crippen LogP contribution in [0.25, 0.3) is 10.8 Å². The zero-order valence-corrected chi connectivity index (χ0v) is 17.2. The van der Waals surface area contributed by atoms with Crippen molar-refractivity contribution in [1.82, 2.24) is 10.2 Å². The molecule has 2 aromatic carbocycles. The lowest BCUT2D eigenvalue weighted by Crippen LogP contribution is -2.44. The number of hydrogen-bond acceptors (Lipinski definition) is 4. The number of rotatable bonds is 7. The molecule has 3 rings (SSSR count). The standard InChI is InChI=1S/C23H30N2O4/c1-16(2)24-22(27)15-29-21-14-18-8-4-3-7-17(18)13-20(21)23(28)25-11-6-5-9-19(25)10-12-26/h3-4,7-8,13-14,16,19,26H,5-6,9-12,15H2,1-2H3,(H,24,27). The van der Waals surface area contributed by atoms with Gasteiger partial charge in [-0.25, -0.2) is 0 Å². The van der Waals surface area contributed by atoms with Crippen molar-refractivity contribution < 1.29 is 19.4 Å². The first-order valence-electron chi connectivity index (χ1n) is 10.4. The Morgan fingerprint density at radius 3 is 2.62 bits per heavy atom. The number of aliphatic hydroxyl groups is 1. The minimum atomic E-state index is -0.220. The van der Waals surface area contributed by atoms with Crippen molar-refractivity contribution in [3.63, 3.8) is 0 Å². The van der Waals surface area contributed by atoms with Crippen LogP contribution in [0.3, 0.4) is 0 Å². The van der Waals surface area contributed by atoms with E-state index in [1.807, 2.05) is 55.1 Å². The van der Waals surface area contributed by atoms with E-state index in [-0.39, 0.29) is 37.1 Å². The van der Waals surface area contributed by atoms with E-state index in [1.165, 1.54) is 0 Å². The van der Waals surface area contributed by atoms with Crippen molar-refractivity contribution in [2.45, 2.75) is 51.6 Å². The molecular formula is C23H30N2O4. The summed E-state index contributed by atoms with van der Waals surface area (Å²) in [6.07, 6.45) is 3.48. The molecule has 29 heavy (non-hydrogen) atoms. The van der Waals surface area contributed by atoms with Crippen LogP contribution in [-0.4, -0.2) is 53.7 Å². The van der Waals surface area contributed by atoms with E-state index in [1.54, 1.807) is 0 Å². The third kappa shape index (κ3) is 5.26. The molecule has 0 aliphatic carbocycles. The minimum absolute atomic E-state index is 0.0244. The average molecular weight is 399 g/mol. The van der Waals surface area contributed by atoms with E-state index in [0.29, 0.717) is 24.3 Å². The van der Waals surface area contributed by atoms with Crippen molar-refractivity contribution in [1.29, 1.82) is 0 Å². The highest BCUT2D eigenvalue weighted by molar-refractivity contribution is 6.02. The Morgan fingerprint density at radius 1 is 1.21 bits per heavy atom. The van der Waals surface area contributed by atoms with Gasteiger partial charge in [-0.05, 0) is 62.4 Å². The van der Waals surface area contributed by atoms with Crippen molar-refractivity contribution >= 4 is 22.6 Å². The van der Waals surface area contributed by atoms with E-state index in [4.69, 9.17) is 4.74 Å². The normalized spacial score (nSPS) is 16.8. The largest absolute Gasteiger partial charge is 0.483 e. The van der Waals surface area contributed by atoms with Gasteiger partial charge in [-0.2, -0.15) is 0 Å². The molecule has 6 nitrogen and oxygen atoms in total. The minimum Gasteiger partial charge on any atom is -0.483 e. The Balaban J connectivity index is 1.91. The number of ether oxygens (including phenoxy) is 1. The highest BCUT2D eigenvalue weighted by Crippen LogP contribution is 2.30. The lowest BCUT2D eigenvalue weighted by molar-refractivity contribution is -0.123. The number of fused-ring (bicyclic) bond motifs is 1. The highest BCUT2D eigenvalue weighted by Gasteiger charge is 2.29. The predicted octanol–water partition coefficient (Wildman–Crippen LogP) is 3.12. The first-order valence-corrected chi connectivity index (χ1v) is 10.4. The fourth-order valence-electron chi connectivity index (χ4n) is 3.88. The molecule has 0 aromatic heterocycles. The molecular weight excluding hydrogens is 368 g/mol. The summed E-state index contributed by atoms with van der Waals surface area (Å²) >= 11 is 0. The molecule has 156 valence electrons. The maximum atomic E-state index is 13.4. The van der Waals surface area contributed by atoms with Crippen LogP contribution in [0.4, 0.5) is 0 Å². The van der Waals surface area contributed by atoms with Gasteiger partial charge in [0.2, 0.25) is 0 Å². The molecule has 6 heteroatoms. The number of carbonyl (C=O) groups is 2. The summed E-state index contributed by atoms with van der Waals surface area (Å²) in [7, 11) is 0. The smallest absolute Gasteiger partial charge is 0.258 e. The summed E-state index contributed by atoms with van der Waals surface area (Å²) in [5, 5.41) is 14.1. The second kappa shape index (κ2) is 9.74. The molecule has 0 radical (unpaired) electrons. The number of hydrogen-bond donors (Lipinski definition) is 2. The monoisotopic (exact) mass is 398 g/mol. The molecule has 0 bridgehead atoms. The molecule has 1 aliphatic heterocycles. The quantitative estimate of drug-likeness (QED) is 0.751. The Bertz CT molecular complexity index is 863.